The van der Waals surface area contributed by atoms with Crippen molar-refractivity contribution in [2.45, 2.75) is 56.9 Å². The lowest BCUT2D eigenvalue weighted by Gasteiger charge is -2.33. The Hall–Kier alpha value is -0.440. The summed E-state index contributed by atoms with van der Waals surface area (Å²) >= 11 is 0. The van der Waals surface area contributed by atoms with E-state index in [1.165, 1.54) is 0 Å². The fourth-order valence-corrected chi connectivity index (χ4v) is 2.56. The zero-order valence-corrected chi connectivity index (χ0v) is 10.1. The Kier molecular flexibility index (Phi) is 5.39. The lowest BCUT2D eigenvalue weighted by atomic mass is 9.80. The number of rotatable bonds is 6. The maximum Gasteiger partial charge on any atom is 0.248 e. The molecule has 0 saturated heterocycles. The Labute approximate surface area is 97.3 Å². The molecule has 0 aromatic carbocycles. The van der Waals surface area contributed by atoms with E-state index < -0.39 is 5.92 Å². The highest BCUT2D eigenvalue weighted by atomic mass is 19.3. The maximum absolute atomic E-state index is 13.0. The number of unbranched alkanes of at least 4 members (excludes halogenated alkanes) is 1. The molecule has 1 nitrogen and oxygen atoms in total. The van der Waals surface area contributed by atoms with E-state index >= 15 is 0 Å². The van der Waals surface area contributed by atoms with Crippen LogP contribution in [0.3, 0.4) is 0 Å². The molecule has 16 heavy (non-hydrogen) atoms. The third-order valence-corrected chi connectivity index (χ3v) is 3.62. The van der Waals surface area contributed by atoms with Gasteiger partial charge in [0.05, 0.1) is 0 Å². The minimum atomic E-state index is -2.41. The van der Waals surface area contributed by atoms with Gasteiger partial charge in [0.25, 0.3) is 0 Å². The van der Waals surface area contributed by atoms with Crippen molar-refractivity contribution >= 4 is 0 Å². The molecule has 1 unspecified atom stereocenters. The van der Waals surface area contributed by atoms with Gasteiger partial charge < -0.3 is 5.32 Å². The zero-order chi connectivity index (χ0) is 12.0. The largest absolute Gasteiger partial charge is 0.317 e. The Morgan fingerprint density at radius 2 is 2.06 bits per heavy atom. The van der Waals surface area contributed by atoms with Crippen LogP contribution >= 0.6 is 0 Å². The lowest BCUT2D eigenvalue weighted by Crippen LogP contribution is -2.38. The van der Waals surface area contributed by atoms with Gasteiger partial charge in [-0.2, -0.15) is 0 Å². The first-order chi connectivity index (χ1) is 7.59. The van der Waals surface area contributed by atoms with Gasteiger partial charge >= 0.3 is 0 Å². The highest BCUT2D eigenvalue weighted by molar-refractivity contribution is 4.84. The number of allylic oxidation sites excluding steroid dienone is 1. The van der Waals surface area contributed by atoms with E-state index in [4.69, 9.17) is 0 Å². The maximum atomic E-state index is 13.0. The van der Waals surface area contributed by atoms with Crippen LogP contribution in [0.25, 0.3) is 0 Å². The second kappa shape index (κ2) is 6.33. The van der Waals surface area contributed by atoms with Crippen molar-refractivity contribution in [3.05, 3.63) is 12.7 Å². The molecule has 3 heteroatoms. The third kappa shape index (κ3) is 4.20. The molecule has 1 atom stereocenters. The van der Waals surface area contributed by atoms with Crippen molar-refractivity contribution in [2.24, 2.45) is 5.92 Å². The minimum Gasteiger partial charge on any atom is -0.317 e. The average Bonchev–Trinajstić information content (AvgIpc) is 2.25. The van der Waals surface area contributed by atoms with Crippen LogP contribution in [0.1, 0.15) is 44.9 Å². The summed E-state index contributed by atoms with van der Waals surface area (Å²) in [5, 5.41) is 3.28. The summed E-state index contributed by atoms with van der Waals surface area (Å²) in [5.41, 5.74) is 0. The molecule has 1 rings (SSSR count). The van der Waals surface area contributed by atoms with Crippen LogP contribution in [0, 0.1) is 5.92 Å². The van der Waals surface area contributed by atoms with Gasteiger partial charge in [0.2, 0.25) is 5.92 Å². The van der Waals surface area contributed by atoms with Crippen molar-refractivity contribution in [1.29, 1.82) is 0 Å². The highest BCUT2D eigenvalue weighted by Gasteiger charge is 2.36. The molecule has 1 N–H and O–H groups in total. The summed E-state index contributed by atoms with van der Waals surface area (Å²) in [7, 11) is 1.94. The smallest absolute Gasteiger partial charge is 0.248 e. The SMILES string of the molecule is C=CCCCC(NC)C1CCC(F)(F)CC1. The molecule has 1 aliphatic rings. The zero-order valence-electron chi connectivity index (χ0n) is 10.1. The molecule has 1 saturated carbocycles. The highest BCUT2D eigenvalue weighted by Crippen LogP contribution is 2.38. The number of hydrogen-bond donors (Lipinski definition) is 1. The van der Waals surface area contributed by atoms with E-state index in [0.717, 1.165) is 19.3 Å². The second-order valence-electron chi connectivity index (χ2n) is 4.81. The van der Waals surface area contributed by atoms with E-state index in [0.29, 0.717) is 24.8 Å². The molecular weight excluding hydrogens is 208 g/mol. The van der Waals surface area contributed by atoms with Gasteiger partial charge in [-0.05, 0) is 45.1 Å². The van der Waals surface area contributed by atoms with Crippen molar-refractivity contribution in [3.8, 4) is 0 Å². The monoisotopic (exact) mass is 231 g/mol. The van der Waals surface area contributed by atoms with Crippen LogP contribution in [-0.4, -0.2) is 19.0 Å². The van der Waals surface area contributed by atoms with Crippen molar-refractivity contribution in [3.63, 3.8) is 0 Å². The standard InChI is InChI=1S/C13H23F2N/c1-3-4-5-6-12(16-2)11-7-9-13(14,15)10-8-11/h3,11-12,16H,1,4-10H2,2H3. The molecule has 0 aromatic rings. The predicted molar refractivity (Wildman–Crippen MR) is 63.8 cm³/mol. The second-order valence-corrected chi connectivity index (χ2v) is 4.81. The van der Waals surface area contributed by atoms with Gasteiger partial charge in [0, 0.05) is 18.9 Å². The molecule has 1 fully saturated rings. The van der Waals surface area contributed by atoms with E-state index in [2.05, 4.69) is 11.9 Å². The molecule has 0 heterocycles. The lowest BCUT2D eigenvalue weighted by molar-refractivity contribution is -0.0496. The fraction of sp³-hybridized carbons (Fsp3) is 0.846. The molecule has 0 spiro atoms. The Morgan fingerprint density at radius 1 is 1.44 bits per heavy atom. The van der Waals surface area contributed by atoms with Crippen molar-refractivity contribution < 1.29 is 8.78 Å². The summed E-state index contributed by atoms with van der Waals surface area (Å²) in [6, 6.07) is 0.399. The summed E-state index contributed by atoms with van der Waals surface area (Å²) in [6.45, 7) is 3.70. The Morgan fingerprint density at radius 3 is 2.56 bits per heavy atom. The molecule has 0 amide bonds. The van der Waals surface area contributed by atoms with Crippen LogP contribution in [-0.2, 0) is 0 Å². The van der Waals surface area contributed by atoms with E-state index in [9.17, 15) is 8.78 Å². The topological polar surface area (TPSA) is 12.0 Å². The first-order valence-electron chi connectivity index (χ1n) is 6.25. The molecule has 0 aliphatic heterocycles. The molecular formula is C13H23F2N. The minimum absolute atomic E-state index is 0.0668. The van der Waals surface area contributed by atoms with Crippen molar-refractivity contribution in [2.75, 3.05) is 7.05 Å². The van der Waals surface area contributed by atoms with Gasteiger partial charge in [-0.25, -0.2) is 8.78 Å². The van der Waals surface area contributed by atoms with Crippen LogP contribution in [0.4, 0.5) is 8.78 Å². The first-order valence-corrected chi connectivity index (χ1v) is 6.25. The van der Waals surface area contributed by atoms with E-state index in [1.54, 1.807) is 0 Å². The van der Waals surface area contributed by atoms with E-state index in [1.807, 2.05) is 13.1 Å². The van der Waals surface area contributed by atoms with Crippen LogP contribution < -0.4 is 5.32 Å². The number of halogens is 2. The number of nitrogens with one attached hydrogen (secondary N) is 1. The van der Waals surface area contributed by atoms with Gasteiger partial charge in [-0.15, -0.1) is 6.58 Å². The molecule has 0 radical (unpaired) electrons. The summed E-state index contributed by atoms with van der Waals surface area (Å²) < 4.78 is 26.0. The van der Waals surface area contributed by atoms with Gasteiger partial charge in [-0.1, -0.05) is 6.08 Å². The average molecular weight is 231 g/mol. The first kappa shape index (κ1) is 13.6. The Balaban J connectivity index is 2.33. The van der Waals surface area contributed by atoms with Crippen LogP contribution in [0.5, 0.6) is 0 Å². The number of alkyl halides is 2. The normalized spacial score (nSPS) is 22.9. The fourth-order valence-electron chi connectivity index (χ4n) is 2.56. The molecule has 0 bridgehead atoms. The predicted octanol–water partition coefficient (Wildman–Crippen LogP) is 3.76. The Bertz CT molecular complexity index is 206. The molecule has 94 valence electrons. The van der Waals surface area contributed by atoms with Gasteiger partial charge in [0.15, 0.2) is 0 Å². The summed E-state index contributed by atoms with van der Waals surface area (Å²) in [5.74, 6) is -1.98. The summed E-state index contributed by atoms with van der Waals surface area (Å²) in [4.78, 5) is 0. The van der Waals surface area contributed by atoms with Crippen LogP contribution in [0.15, 0.2) is 12.7 Å². The van der Waals surface area contributed by atoms with E-state index in [-0.39, 0.29) is 12.8 Å². The number of hydrogen-bond acceptors (Lipinski definition) is 1. The third-order valence-electron chi connectivity index (χ3n) is 3.62. The molecule has 1 aliphatic carbocycles. The van der Waals surface area contributed by atoms with Gasteiger partial charge in [0.1, 0.15) is 0 Å². The molecule has 0 aromatic heterocycles. The quantitative estimate of drug-likeness (QED) is 0.542. The van der Waals surface area contributed by atoms with Gasteiger partial charge in [-0.3, -0.25) is 0 Å². The van der Waals surface area contributed by atoms with Crippen molar-refractivity contribution in [1.82, 2.24) is 5.32 Å². The summed E-state index contributed by atoms with van der Waals surface area (Å²) in [6.07, 6.45) is 6.55. The van der Waals surface area contributed by atoms with Crippen LogP contribution in [0.2, 0.25) is 0 Å².